The summed E-state index contributed by atoms with van der Waals surface area (Å²) < 4.78 is 0. The molecule has 7 heteroatoms. The predicted molar refractivity (Wildman–Crippen MR) is 41.1 cm³/mol. The van der Waals surface area contributed by atoms with Crippen LogP contribution in [0, 0.1) is 0 Å². The standard InChI is InChI=1S/C4H9N7/c1-2(5)7-3-8-4(9-6)11-10-3/h6H2,1H3,(H4,5,7,8,9,10,11). The van der Waals surface area contributed by atoms with Gasteiger partial charge in [0, 0.05) is 0 Å². The molecule has 0 aliphatic carbocycles. The van der Waals surface area contributed by atoms with Crippen LogP contribution in [0.15, 0.2) is 4.99 Å². The Morgan fingerprint density at radius 3 is 2.91 bits per heavy atom. The van der Waals surface area contributed by atoms with Gasteiger partial charge in [0.2, 0.25) is 5.95 Å². The molecular formula is C4H9N7. The number of nitrogen functional groups attached to an aromatic ring is 1. The molecule has 0 aliphatic heterocycles. The van der Waals surface area contributed by atoms with Crippen LogP contribution >= 0.6 is 0 Å². The van der Waals surface area contributed by atoms with Crippen molar-refractivity contribution in [3.8, 4) is 0 Å². The first kappa shape index (κ1) is 7.48. The van der Waals surface area contributed by atoms with Crippen LogP contribution in [-0.2, 0) is 0 Å². The van der Waals surface area contributed by atoms with Crippen LogP contribution in [-0.4, -0.2) is 21.0 Å². The van der Waals surface area contributed by atoms with Crippen LogP contribution in [0.25, 0.3) is 0 Å². The van der Waals surface area contributed by atoms with Gasteiger partial charge >= 0.3 is 0 Å². The topological polar surface area (TPSA) is 118 Å². The van der Waals surface area contributed by atoms with Gasteiger partial charge in [-0.1, -0.05) is 0 Å². The monoisotopic (exact) mass is 155 g/mol. The smallest absolute Gasteiger partial charge is 0.271 e. The van der Waals surface area contributed by atoms with Crippen LogP contribution in [0.1, 0.15) is 6.92 Å². The summed E-state index contributed by atoms with van der Waals surface area (Å²) in [6, 6.07) is 0. The maximum atomic E-state index is 5.28. The summed E-state index contributed by atoms with van der Waals surface area (Å²) in [5, 5.41) is 6.18. The number of aromatic amines is 1. The third-order valence-electron chi connectivity index (χ3n) is 0.887. The molecule has 60 valence electrons. The Kier molecular flexibility index (Phi) is 2.02. The van der Waals surface area contributed by atoms with Crippen LogP contribution in [0.3, 0.4) is 0 Å². The SMILES string of the molecule is C/C(N)=N\c1n[nH]c(NN)n1. The Labute approximate surface area is 62.9 Å². The largest absolute Gasteiger partial charge is 0.387 e. The Hall–Kier alpha value is -1.63. The molecule has 1 aromatic rings. The van der Waals surface area contributed by atoms with Gasteiger partial charge < -0.3 is 5.73 Å². The number of aromatic nitrogens is 3. The lowest BCUT2D eigenvalue weighted by molar-refractivity contribution is 1.07. The third-order valence-corrected chi connectivity index (χ3v) is 0.887. The van der Waals surface area contributed by atoms with Crippen molar-refractivity contribution in [1.29, 1.82) is 0 Å². The van der Waals surface area contributed by atoms with E-state index in [1.807, 2.05) is 0 Å². The van der Waals surface area contributed by atoms with E-state index in [9.17, 15) is 0 Å². The van der Waals surface area contributed by atoms with E-state index in [0.717, 1.165) is 0 Å². The van der Waals surface area contributed by atoms with Crippen LogP contribution in [0.2, 0.25) is 0 Å². The molecule has 0 saturated carbocycles. The zero-order valence-electron chi connectivity index (χ0n) is 6.00. The average Bonchev–Trinajstić information content (AvgIpc) is 2.34. The number of hydrogen-bond acceptors (Lipinski definition) is 5. The minimum atomic E-state index is 0.262. The molecule has 1 rings (SSSR count). The van der Waals surface area contributed by atoms with Gasteiger partial charge in [0.15, 0.2) is 0 Å². The van der Waals surface area contributed by atoms with Gasteiger partial charge in [-0.05, 0) is 6.92 Å². The zero-order chi connectivity index (χ0) is 8.27. The normalized spacial score (nSPS) is 11.6. The van der Waals surface area contributed by atoms with Crippen molar-refractivity contribution in [1.82, 2.24) is 15.2 Å². The molecule has 0 bridgehead atoms. The summed E-state index contributed by atoms with van der Waals surface area (Å²) in [7, 11) is 0. The number of nitrogens with zero attached hydrogens (tertiary/aromatic N) is 3. The molecule has 0 saturated heterocycles. The van der Waals surface area contributed by atoms with Gasteiger partial charge in [0.25, 0.3) is 5.95 Å². The molecule has 0 fully saturated rings. The van der Waals surface area contributed by atoms with E-state index in [-0.39, 0.29) is 5.95 Å². The van der Waals surface area contributed by atoms with Crippen molar-refractivity contribution in [2.75, 3.05) is 5.43 Å². The van der Waals surface area contributed by atoms with Crippen molar-refractivity contribution in [3.63, 3.8) is 0 Å². The van der Waals surface area contributed by atoms with Gasteiger partial charge in [-0.3, -0.25) is 5.43 Å². The molecule has 0 spiro atoms. The van der Waals surface area contributed by atoms with E-state index >= 15 is 0 Å². The van der Waals surface area contributed by atoms with E-state index < -0.39 is 0 Å². The Morgan fingerprint density at radius 2 is 2.45 bits per heavy atom. The first-order chi connectivity index (χ1) is 5.22. The lowest BCUT2D eigenvalue weighted by Gasteiger charge is -1.86. The minimum absolute atomic E-state index is 0.262. The fourth-order valence-electron chi connectivity index (χ4n) is 0.525. The number of H-pyrrole nitrogens is 1. The molecule has 0 aromatic carbocycles. The summed E-state index contributed by atoms with van der Waals surface area (Å²) in [6.07, 6.45) is 0. The maximum absolute atomic E-state index is 5.28. The molecule has 0 unspecified atom stereocenters. The molecule has 0 amide bonds. The number of hydrazine groups is 1. The van der Waals surface area contributed by atoms with Crippen molar-refractivity contribution in [2.45, 2.75) is 6.92 Å². The van der Waals surface area contributed by atoms with E-state index in [0.29, 0.717) is 11.8 Å². The number of nitrogens with one attached hydrogen (secondary N) is 2. The molecule has 1 aromatic heterocycles. The fourth-order valence-corrected chi connectivity index (χ4v) is 0.525. The number of anilines is 1. The molecule has 1 heterocycles. The van der Waals surface area contributed by atoms with Crippen molar-refractivity contribution in [2.24, 2.45) is 16.6 Å². The van der Waals surface area contributed by atoms with Gasteiger partial charge in [-0.2, -0.15) is 9.98 Å². The van der Waals surface area contributed by atoms with Crippen LogP contribution < -0.4 is 17.0 Å². The number of aliphatic imine (C=N–C) groups is 1. The van der Waals surface area contributed by atoms with Gasteiger partial charge in [-0.25, -0.2) is 10.9 Å². The summed E-state index contributed by atoms with van der Waals surface area (Å²) in [5.74, 6) is 6.04. The van der Waals surface area contributed by atoms with Gasteiger partial charge in [-0.15, -0.1) is 5.10 Å². The first-order valence-corrected chi connectivity index (χ1v) is 2.92. The zero-order valence-corrected chi connectivity index (χ0v) is 6.00. The second kappa shape index (κ2) is 2.97. The molecule has 0 aliphatic rings. The first-order valence-electron chi connectivity index (χ1n) is 2.92. The minimum Gasteiger partial charge on any atom is -0.387 e. The number of amidine groups is 1. The van der Waals surface area contributed by atoms with E-state index in [1.165, 1.54) is 0 Å². The fraction of sp³-hybridized carbons (Fsp3) is 0.250. The van der Waals surface area contributed by atoms with E-state index in [2.05, 4.69) is 25.6 Å². The quantitative estimate of drug-likeness (QED) is 0.191. The Morgan fingerprint density at radius 1 is 1.73 bits per heavy atom. The van der Waals surface area contributed by atoms with E-state index in [4.69, 9.17) is 11.6 Å². The molecule has 7 nitrogen and oxygen atoms in total. The number of nitrogens with two attached hydrogens (primary N) is 2. The van der Waals surface area contributed by atoms with Crippen LogP contribution in [0.4, 0.5) is 11.9 Å². The highest BCUT2D eigenvalue weighted by molar-refractivity contribution is 5.79. The second-order valence-electron chi connectivity index (χ2n) is 1.88. The van der Waals surface area contributed by atoms with Crippen LogP contribution in [0.5, 0.6) is 0 Å². The Balaban J connectivity index is 2.81. The highest BCUT2D eigenvalue weighted by Crippen LogP contribution is 2.04. The average molecular weight is 155 g/mol. The van der Waals surface area contributed by atoms with Gasteiger partial charge in [0.1, 0.15) is 0 Å². The molecule has 0 atom stereocenters. The maximum Gasteiger partial charge on any atom is 0.271 e. The third kappa shape index (κ3) is 1.90. The number of hydrogen-bond donors (Lipinski definition) is 4. The second-order valence-corrected chi connectivity index (χ2v) is 1.88. The summed E-state index contributed by atoms with van der Waals surface area (Å²) >= 11 is 0. The summed E-state index contributed by atoms with van der Waals surface area (Å²) in [4.78, 5) is 7.57. The van der Waals surface area contributed by atoms with Crippen molar-refractivity contribution in [3.05, 3.63) is 0 Å². The highest BCUT2D eigenvalue weighted by atomic mass is 15.4. The van der Waals surface area contributed by atoms with Crippen molar-refractivity contribution >= 4 is 17.7 Å². The summed E-state index contributed by atoms with van der Waals surface area (Å²) in [6.45, 7) is 1.64. The number of rotatable bonds is 2. The summed E-state index contributed by atoms with van der Waals surface area (Å²) in [5.41, 5.74) is 7.56. The lowest BCUT2D eigenvalue weighted by Crippen LogP contribution is -2.08. The molecule has 6 N–H and O–H groups in total. The van der Waals surface area contributed by atoms with E-state index in [1.54, 1.807) is 6.92 Å². The van der Waals surface area contributed by atoms with Gasteiger partial charge in [0.05, 0.1) is 5.84 Å². The Bertz CT molecular complexity index is 257. The lowest BCUT2D eigenvalue weighted by atomic mass is 10.7. The predicted octanol–water partition coefficient (Wildman–Crippen LogP) is -0.901. The molecular weight excluding hydrogens is 146 g/mol. The molecule has 0 radical (unpaired) electrons. The molecule has 11 heavy (non-hydrogen) atoms. The van der Waals surface area contributed by atoms with Crippen molar-refractivity contribution < 1.29 is 0 Å². The highest BCUT2D eigenvalue weighted by Gasteiger charge is 1.97.